The smallest absolute Gasteiger partial charge is 0.0997 e. The molecule has 2 aliphatic heterocycles. The van der Waals surface area contributed by atoms with E-state index in [-0.39, 0.29) is 0 Å². The maximum Gasteiger partial charge on any atom is 0.0997 e. The summed E-state index contributed by atoms with van der Waals surface area (Å²) < 4.78 is 11.0. The molecule has 0 N–H and O–H groups in total. The van der Waals surface area contributed by atoms with Crippen LogP contribution in [-0.2, 0) is 9.47 Å². The summed E-state index contributed by atoms with van der Waals surface area (Å²) in [6.45, 7) is 6.90. The summed E-state index contributed by atoms with van der Waals surface area (Å²) in [4.78, 5) is 2.38. The van der Waals surface area contributed by atoms with E-state index in [9.17, 15) is 0 Å². The fourth-order valence-electron chi connectivity index (χ4n) is 1.88. The number of likely N-dealkylation sites (tertiary alicyclic amines) is 1. The van der Waals surface area contributed by atoms with Gasteiger partial charge in [0.25, 0.3) is 0 Å². The van der Waals surface area contributed by atoms with Gasteiger partial charge >= 0.3 is 0 Å². The lowest BCUT2D eigenvalue weighted by molar-refractivity contribution is -0.0533. The molecule has 2 saturated heterocycles. The Morgan fingerprint density at radius 3 is 2.92 bits per heavy atom. The first-order valence-electron chi connectivity index (χ1n) is 4.73. The van der Waals surface area contributed by atoms with Gasteiger partial charge in [-0.1, -0.05) is 0 Å². The molecule has 12 heavy (non-hydrogen) atoms. The number of ether oxygens (including phenoxy) is 2. The normalized spacial score (nSPS) is 35.2. The van der Waals surface area contributed by atoms with Crippen LogP contribution in [0.3, 0.4) is 0 Å². The Kier molecular flexibility index (Phi) is 2.35. The average molecular weight is 171 g/mol. The molecule has 2 heterocycles. The Hall–Kier alpha value is -0.120. The van der Waals surface area contributed by atoms with Crippen molar-refractivity contribution in [2.24, 2.45) is 0 Å². The molecule has 0 spiro atoms. The second-order valence-electron chi connectivity index (χ2n) is 3.96. The van der Waals surface area contributed by atoms with Crippen molar-refractivity contribution in [1.29, 1.82) is 0 Å². The second kappa shape index (κ2) is 3.32. The summed E-state index contributed by atoms with van der Waals surface area (Å²) in [6, 6.07) is 0.633. The molecule has 70 valence electrons. The highest BCUT2D eigenvalue weighted by atomic mass is 16.5. The quantitative estimate of drug-likeness (QED) is 0.628. The van der Waals surface area contributed by atoms with Gasteiger partial charge in [-0.3, -0.25) is 4.90 Å². The maximum atomic E-state index is 5.55. The molecule has 0 amide bonds. The van der Waals surface area contributed by atoms with Crippen molar-refractivity contribution in [3.63, 3.8) is 0 Å². The Balaban J connectivity index is 1.76. The zero-order chi connectivity index (χ0) is 8.55. The molecule has 0 aromatic heterocycles. The minimum absolute atomic E-state index is 0.338. The van der Waals surface area contributed by atoms with Crippen LogP contribution in [0.4, 0.5) is 0 Å². The summed E-state index contributed by atoms with van der Waals surface area (Å²) >= 11 is 0. The van der Waals surface area contributed by atoms with Crippen LogP contribution in [-0.4, -0.2) is 43.0 Å². The molecule has 2 bridgehead atoms. The third-order valence-corrected chi connectivity index (χ3v) is 2.59. The summed E-state index contributed by atoms with van der Waals surface area (Å²) in [5.41, 5.74) is 0. The van der Waals surface area contributed by atoms with E-state index in [0.717, 1.165) is 19.9 Å². The molecule has 0 aliphatic carbocycles. The van der Waals surface area contributed by atoms with E-state index >= 15 is 0 Å². The number of rotatable bonds is 3. The zero-order valence-corrected chi connectivity index (χ0v) is 7.82. The highest BCUT2D eigenvalue weighted by Crippen LogP contribution is 2.27. The Bertz CT molecular complexity index is 161. The van der Waals surface area contributed by atoms with Crippen LogP contribution >= 0.6 is 0 Å². The van der Waals surface area contributed by atoms with E-state index in [1.807, 2.05) is 0 Å². The molecule has 2 unspecified atom stereocenters. The van der Waals surface area contributed by atoms with Gasteiger partial charge < -0.3 is 9.47 Å². The van der Waals surface area contributed by atoms with Crippen molar-refractivity contribution in [2.75, 3.05) is 19.9 Å². The van der Waals surface area contributed by atoms with E-state index in [1.165, 1.54) is 6.42 Å². The molecule has 3 heteroatoms. The number of morpholine rings is 1. The standard InChI is InChI=1S/C9H17NO2/c1-7(2)12-6-10-4-9-3-8(10)5-11-9/h7-9H,3-6H2,1-2H3. The summed E-state index contributed by atoms with van der Waals surface area (Å²) in [6.07, 6.45) is 2.04. The lowest BCUT2D eigenvalue weighted by Crippen LogP contribution is -2.39. The molecule has 2 rings (SSSR count). The number of fused-ring (bicyclic) bond motifs is 2. The minimum Gasteiger partial charge on any atom is -0.375 e. The van der Waals surface area contributed by atoms with Crippen LogP contribution in [0.2, 0.25) is 0 Å². The van der Waals surface area contributed by atoms with Gasteiger partial charge in [-0.05, 0) is 20.3 Å². The van der Waals surface area contributed by atoms with Gasteiger partial charge in [0.1, 0.15) is 0 Å². The number of hydrogen-bond donors (Lipinski definition) is 0. The topological polar surface area (TPSA) is 21.7 Å². The van der Waals surface area contributed by atoms with E-state index in [1.54, 1.807) is 0 Å². The SMILES string of the molecule is CC(C)OCN1CC2CC1CO2. The molecule has 0 saturated carbocycles. The molecular weight excluding hydrogens is 154 g/mol. The number of hydrogen-bond acceptors (Lipinski definition) is 3. The van der Waals surface area contributed by atoms with Crippen molar-refractivity contribution in [2.45, 2.75) is 38.5 Å². The molecule has 2 aliphatic rings. The summed E-state index contributed by atoms with van der Waals surface area (Å²) in [5, 5.41) is 0. The first kappa shape index (κ1) is 8.48. The first-order chi connectivity index (χ1) is 5.75. The van der Waals surface area contributed by atoms with Gasteiger partial charge in [0.15, 0.2) is 0 Å². The molecule has 2 atom stereocenters. The molecular formula is C9H17NO2. The largest absolute Gasteiger partial charge is 0.375 e. The molecule has 0 aromatic rings. The number of nitrogens with zero attached hydrogens (tertiary/aromatic N) is 1. The van der Waals surface area contributed by atoms with E-state index < -0.39 is 0 Å². The molecule has 0 aromatic carbocycles. The van der Waals surface area contributed by atoms with E-state index in [0.29, 0.717) is 18.2 Å². The van der Waals surface area contributed by atoms with Crippen molar-refractivity contribution in [3.8, 4) is 0 Å². The maximum absolute atomic E-state index is 5.55. The fourth-order valence-corrected chi connectivity index (χ4v) is 1.88. The molecule has 2 fully saturated rings. The third-order valence-electron chi connectivity index (χ3n) is 2.59. The van der Waals surface area contributed by atoms with Crippen LogP contribution in [0.15, 0.2) is 0 Å². The summed E-state index contributed by atoms with van der Waals surface area (Å²) in [5.74, 6) is 0. The van der Waals surface area contributed by atoms with Gasteiger partial charge in [0.05, 0.1) is 25.5 Å². The Morgan fingerprint density at radius 2 is 2.42 bits per heavy atom. The van der Waals surface area contributed by atoms with Crippen LogP contribution < -0.4 is 0 Å². The zero-order valence-electron chi connectivity index (χ0n) is 7.82. The molecule has 0 radical (unpaired) electrons. The van der Waals surface area contributed by atoms with E-state index in [4.69, 9.17) is 9.47 Å². The van der Waals surface area contributed by atoms with Crippen LogP contribution in [0, 0.1) is 0 Å². The van der Waals surface area contributed by atoms with Crippen LogP contribution in [0.5, 0.6) is 0 Å². The Morgan fingerprint density at radius 1 is 1.58 bits per heavy atom. The van der Waals surface area contributed by atoms with Crippen molar-refractivity contribution < 1.29 is 9.47 Å². The highest BCUT2D eigenvalue weighted by Gasteiger charge is 2.38. The van der Waals surface area contributed by atoms with Crippen LogP contribution in [0.25, 0.3) is 0 Å². The fraction of sp³-hybridized carbons (Fsp3) is 1.00. The van der Waals surface area contributed by atoms with Gasteiger partial charge in [-0.15, -0.1) is 0 Å². The van der Waals surface area contributed by atoms with E-state index in [2.05, 4.69) is 18.7 Å². The van der Waals surface area contributed by atoms with Gasteiger partial charge in [0.2, 0.25) is 0 Å². The Labute approximate surface area is 73.6 Å². The lowest BCUT2D eigenvalue weighted by Gasteiger charge is -2.26. The lowest BCUT2D eigenvalue weighted by atomic mass is 10.2. The third kappa shape index (κ3) is 1.63. The predicted molar refractivity (Wildman–Crippen MR) is 45.9 cm³/mol. The minimum atomic E-state index is 0.338. The van der Waals surface area contributed by atoms with Crippen molar-refractivity contribution in [3.05, 3.63) is 0 Å². The molecule has 3 nitrogen and oxygen atoms in total. The van der Waals surface area contributed by atoms with Crippen molar-refractivity contribution in [1.82, 2.24) is 4.90 Å². The first-order valence-corrected chi connectivity index (χ1v) is 4.73. The summed E-state index contributed by atoms with van der Waals surface area (Å²) in [7, 11) is 0. The van der Waals surface area contributed by atoms with Gasteiger partial charge in [-0.2, -0.15) is 0 Å². The predicted octanol–water partition coefficient (Wildman–Crippen LogP) is 0.842. The van der Waals surface area contributed by atoms with Crippen LogP contribution in [0.1, 0.15) is 20.3 Å². The average Bonchev–Trinajstić information content (AvgIpc) is 2.60. The van der Waals surface area contributed by atoms with Gasteiger partial charge in [-0.25, -0.2) is 0 Å². The monoisotopic (exact) mass is 171 g/mol. The second-order valence-corrected chi connectivity index (χ2v) is 3.96. The highest BCUT2D eigenvalue weighted by molar-refractivity contribution is 4.90. The van der Waals surface area contributed by atoms with Crippen molar-refractivity contribution >= 4 is 0 Å². The van der Waals surface area contributed by atoms with Gasteiger partial charge in [0, 0.05) is 12.6 Å².